The van der Waals surface area contributed by atoms with Gasteiger partial charge in [-0.1, -0.05) is 18.6 Å². The average Bonchev–Trinajstić information content (AvgIpc) is 2.85. The summed E-state index contributed by atoms with van der Waals surface area (Å²) in [7, 11) is 1.83. The van der Waals surface area contributed by atoms with E-state index in [9.17, 15) is 4.79 Å². The van der Waals surface area contributed by atoms with Crippen LogP contribution in [0, 0.1) is 0 Å². The number of carbonyl (C=O) groups is 1. The van der Waals surface area contributed by atoms with E-state index in [-0.39, 0.29) is 11.9 Å². The topological polar surface area (TPSA) is 51.0 Å². The fourth-order valence-electron chi connectivity index (χ4n) is 1.99. The predicted molar refractivity (Wildman–Crippen MR) is 59.9 cm³/mol. The molecule has 0 N–H and O–H groups in total. The maximum atomic E-state index is 11.8. The number of likely N-dealkylation sites (tertiary alicyclic amines) is 1. The van der Waals surface area contributed by atoms with Gasteiger partial charge in [0, 0.05) is 19.8 Å². The summed E-state index contributed by atoms with van der Waals surface area (Å²) in [6.07, 6.45) is 5.98. The van der Waals surface area contributed by atoms with Gasteiger partial charge in [0.05, 0.1) is 5.69 Å². The number of unbranched alkanes of at least 4 members (excludes halogenated alkanes) is 1. The van der Waals surface area contributed by atoms with Gasteiger partial charge >= 0.3 is 0 Å². The molecule has 0 saturated carbocycles. The van der Waals surface area contributed by atoms with E-state index in [1.807, 2.05) is 13.2 Å². The monoisotopic (exact) mass is 222 g/mol. The van der Waals surface area contributed by atoms with Crippen molar-refractivity contribution >= 4 is 5.91 Å². The molecule has 0 spiro atoms. The second-order valence-electron chi connectivity index (χ2n) is 4.36. The molecular formula is C11H18N4O. The number of aryl methyl sites for hydroxylation is 1. The highest BCUT2D eigenvalue weighted by atomic mass is 16.2. The van der Waals surface area contributed by atoms with Crippen molar-refractivity contribution in [2.45, 2.75) is 38.6 Å². The van der Waals surface area contributed by atoms with Gasteiger partial charge in [0.25, 0.3) is 0 Å². The minimum Gasteiger partial charge on any atom is -0.344 e. The fraction of sp³-hybridized carbons (Fsp3) is 0.727. The number of hydrogen-bond acceptors (Lipinski definition) is 3. The SMILES string of the molecule is CCCCc1cn(C2CCN(C)C2=O)nn1. The molecule has 1 aliphatic rings. The zero-order chi connectivity index (χ0) is 11.5. The Morgan fingerprint density at radius 1 is 1.56 bits per heavy atom. The molecule has 0 radical (unpaired) electrons. The molecule has 0 aromatic carbocycles. The van der Waals surface area contributed by atoms with Crippen LogP contribution in [0.4, 0.5) is 0 Å². The zero-order valence-electron chi connectivity index (χ0n) is 9.89. The Hall–Kier alpha value is -1.39. The van der Waals surface area contributed by atoms with Crippen LogP contribution < -0.4 is 0 Å². The van der Waals surface area contributed by atoms with E-state index in [0.29, 0.717) is 0 Å². The molecule has 1 atom stereocenters. The van der Waals surface area contributed by atoms with Crippen molar-refractivity contribution in [2.75, 3.05) is 13.6 Å². The van der Waals surface area contributed by atoms with E-state index in [1.165, 1.54) is 0 Å². The van der Waals surface area contributed by atoms with Crippen molar-refractivity contribution in [2.24, 2.45) is 0 Å². The lowest BCUT2D eigenvalue weighted by Gasteiger charge is -2.09. The summed E-state index contributed by atoms with van der Waals surface area (Å²) in [4.78, 5) is 13.5. The number of nitrogens with zero attached hydrogens (tertiary/aromatic N) is 4. The van der Waals surface area contributed by atoms with Crippen molar-refractivity contribution < 1.29 is 4.79 Å². The van der Waals surface area contributed by atoms with E-state index < -0.39 is 0 Å². The molecule has 1 unspecified atom stereocenters. The quantitative estimate of drug-likeness (QED) is 0.764. The van der Waals surface area contributed by atoms with Crippen LogP contribution in [-0.4, -0.2) is 39.4 Å². The number of carbonyl (C=O) groups excluding carboxylic acids is 1. The summed E-state index contributed by atoms with van der Waals surface area (Å²) in [6.45, 7) is 2.97. The molecule has 0 aliphatic carbocycles. The Bertz CT molecular complexity index is 374. The Kier molecular flexibility index (Phi) is 3.22. The lowest BCUT2D eigenvalue weighted by Crippen LogP contribution is -2.24. The average molecular weight is 222 g/mol. The van der Waals surface area contributed by atoms with Gasteiger partial charge in [0.2, 0.25) is 5.91 Å². The highest BCUT2D eigenvalue weighted by Crippen LogP contribution is 2.21. The first kappa shape index (κ1) is 11.1. The van der Waals surface area contributed by atoms with Crippen molar-refractivity contribution in [1.29, 1.82) is 0 Å². The second-order valence-corrected chi connectivity index (χ2v) is 4.36. The van der Waals surface area contributed by atoms with Gasteiger partial charge in [-0.2, -0.15) is 0 Å². The molecule has 5 nitrogen and oxygen atoms in total. The largest absolute Gasteiger partial charge is 0.344 e. The number of rotatable bonds is 4. The zero-order valence-corrected chi connectivity index (χ0v) is 9.89. The molecular weight excluding hydrogens is 204 g/mol. The Morgan fingerprint density at radius 3 is 3.00 bits per heavy atom. The van der Waals surface area contributed by atoms with Crippen LogP contribution >= 0.6 is 0 Å². The molecule has 5 heteroatoms. The van der Waals surface area contributed by atoms with Gasteiger partial charge in [-0.3, -0.25) is 4.79 Å². The van der Waals surface area contributed by atoms with Crippen LogP contribution in [-0.2, 0) is 11.2 Å². The molecule has 2 heterocycles. The van der Waals surface area contributed by atoms with E-state index in [2.05, 4.69) is 17.2 Å². The van der Waals surface area contributed by atoms with Crippen LogP contribution in [0.25, 0.3) is 0 Å². The highest BCUT2D eigenvalue weighted by Gasteiger charge is 2.31. The van der Waals surface area contributed by atoms with Gasteiger partial charge in [-0.05, 0) is 19.3 Å². The summed E-state index contributed by atoms with van der Waals surface area (Å²) in [5, 5.41) is 8.16. The van der Waals surface area contributed by atoms with E-state index in [0.717, 1.165) is 37.9 Å². The molecule has 1 saturated heterocycles. The first-order chi connectivity index (χ1) is 7.72. The summed E-state index contributed by atoms with van der Waals surface area (Å²) in [5.41, 5.74) is 0.990. The smallest absolute Gasteiger partial charge is 0.247 e. The molecule has 88 valence electrons. The first-order valence-electron chi connectivity index (χ1n) is 5.88. The molecule has 1 fully saturated rings. The fourth-order valence-corrected chi connectivity index (χ4v) is 1.99. The van der Waals surface area contributed by atoms with Gasteiger partial charge in [-0.15, -0.1) is 5.10 Å². The van der Waals surface area contributed by atoms with E-state index >= 15 is 0 Å². The summed E-state index contributed by atoms with van der Waals surface area (Å²) >= 11 is 0. The number of aromatic nitrogens is 3. The predicted octanol–water partition coefficient (Wildman–Crippen LogP) is 1.02. The molecule has 1 aliphatic heterocycles. The third kappa shape index (κ3) is 2.08. The molecule has 2 rings (SSSR count). The molecule has 1 aromatic rings. The van der Waals surface area contributed by atoms with E-state index in [1.54, 1.807) is 9.58 Å². The lowest BCUT2D eigenvalue weighted by atomic mass is 10.2. The maximum absolute atomic E-state index is 11.8. The molecule has 16 heavy (non-hydrogen) atoms. The third-order valence-corrected chi connectivity index (χ3v) is 3.06. The molecule has 1 aromatic heterocycles. The third-order valence-electron chi connectivity index (χ3n) is 3.06. The minimum atomic E-state index is -0.132. The summed E-state index contributed by atoms with van der Waals surface area (Å²) < 4.78 is 1.72. The van der Waals surface area contributed by atoms with Crippen LogP contribution in [0.2, 0.25) is 0 Å². The van der Waals surface area contributed by atoms with Crippen LogP contribution in [0.5, 0.6) is 0 Å². The number of hydrogen-bond donors (Lipinski definition) is 0. The second kappa shape index (κ2) is 4.63. The number of amides is 1. The Morgan fingerprint density at radius 2 is 2.38 bits per heavy atom. The van der Waals surface area contributed by atoms with E-state index in [4.69, 9.17) is 0 Å². The van der Waals surface area contributed by atoms with Gasteiger partial charge in [-0.25, -0.2) is 4.68 Å². The maximum Gasteiger partial charge on any atom is 0.247 e. The highest BCUT2D eigenvalue weighted by molar-refractivity contribution is 5.82. The standard InChI is InChI=1S/C11H18N4O/c1-3-4-5-9-8-15(13-12-9)10-6-7-14(2)11(10)16/h8,10H,3-7H2,1-2H3. The first-order valence-corrected chi connectivity index (χ1v) is 5.88. The summed E-state index contributed by atoms with van der Waals surface area (Å²) in [6, 6.07) is -0.132. The van der Waals surface area contributed by atoms with Crippen LogP contribution in [0.1, 0.15) is 37.9 Å². The Balaban J connectivity index is 2.04. The van der Waals surface area contributed by atoms with Crippen molar-refractivity contribution in [3.8, 4) is 0 Å². The number of likely N-dealkylation sites (N-methyl/N-ethyl adjacent to an activating group) is 1. The van der Waals surface area contributed by atoms with Crippen molar-refractivity contribution in [3.05, 3.63) is 11.9 Å². The normalized spacial score (nSPS) is 20.8. The van der Waals surface area contributed by atoms with Crippen molar-refractivity contribution in [1.82, 2.24) is 19.9 Å². The van der Waals surface area contributed by atoms with Crippen molar-refractivity contribution in [3.63, 3.8) is 0 Å². The van der Waals surface area contributed by atoms with Crippen LogP contribution in [0.3, 0.4) is 0 Å². The van der Waals surface area contributed by atoms with Gasteiger partial charge in [0.15, 0.2) is 0 Å². The lowest BCUT2D eigenvalue weighted by molar-refractivity contribution is -0.129. The Labute approximate surface area is 95.4 Å². The van der Waals surface area contributed by atoms with Crippen LogP contribution in [0.15, 0.2) is 6.20 Å². The molecule has 0 bridgehead atoms. The van der Waals surface area contributed by atoms with Gasteiger partial charge in [0.1, 0.15) is 6.04 Å². The summed E-state index contributed by atoms with van der Waals surface area (Å²) in [5.74, 6) is 0.145. The van der Waals surface area contributed by atoms with Gasteiger partial charge < -0.3 is 4.90 Å². The molecule has 1 amide bonds. The minimum absolute atomic E-state index is 0.132.